The molecule has 0 bridgehead atoms. The van der Waals surface area contributed by atoms with E-state index >= 15 is 0 Å². The van der Waals surface area contributed by atoms with Crippen molar-refractivity contribution < 1.29 is 9.13 Å². The summed E-state index contributed by atoms with van der Waals surface area (Å²) >= 11 is 1.71. The SMILES string of the molecule is CCNC(=NCC(C)Oc1cccc(F)c1)NCCc1ncc(C)s1. The molecule has 5 nitrogen and oxygen atoms in total. The van der Waals surface area contributed by atoms with Crippen molar-refractivity contribution in [2.24, 2.45) is 4.99 Å². The molecule has 136 valence electrons. The average Bonchev–Trinajstić information content (AvgIpc) is 2.98. The summed E-state index contributed by atoms with van der Waals surface area (Å²) in [5.74, 6) is 0.950. The van der Waals surface area contributed by atoms with Gasteiger partial charge in [-0.25, -0.2) is 14.4 Å². The number of aliphatic imine (C=N–C) groups is 1. The first-order valence-corrected chi connectivity index (χ1v) is 9.24. The van der Waals surface area contributed by atoms with Crippen LogP contribution in [0.15, 0.2) is 35.5 Å². The second kappa shape index (κ2) is 9.98. The molecule has 0 amide bonds. The predicted octanol–water partition coefficient (Wildman–Crippen LogP) is 3.16. The van der Waals surface area contributed by atoms with Crippen molar-refractivity contribution in [2.45, 2.75) is 33.3 Å². The highest BCUT2D eigenvalue weighted by Gasteiger charge is 2.06. The van der Waals surface area contributed by atoms with Gasteiger partial charge in [0.2, 0.25) is 0 Å². The van der Waals surface area contributed by atoms with Crippen LogP contribution in [0, 0.1) is 12.7 Å². The van der Waals surface area contributed by atoms with Crippen LogP contribution in [0.5, 0.6) is 5.75 Å². The Bertz CT molecular complexity index is 689. The molecule has 1 aromatic heterocycles. The van der Waals surface area contributed by atoms with Gasteiger partial charge in [-0.1, -0.05) is 6.07 Å². The molecule has 0 saturated carbocycles. The van der Waals surface area contributed by atoms with Crippen LogP contribution >= 0.6 is 11.3 Å². The summed E-state index contributed by atoms with van der Waals surface area (Å²) in [5, 5.41) is 7.62. The molecular formula is C18H25FN4OS. The lowest BCUT2D eigenvalue weighted by atomic mass is 10.3. The molecule has 0 radical (unpaired) electrons. The van der Waals surface area contributed by atoms with Crippen LogP contribution in [0.1, 0.15) is 23.7 Å². The number of ether oxygens (including phenoxy) is 1. The Labute approximate surface area is 152 Å². The minimum atomic E-state index is -0.305. The van der Waals surface area contributed by atoms with E-state index in [9.17, 15) is 4.39 Å². The smallest absolute Gasteiger partial charge is 0.191 e. The number of hydrogen-bond acceptors (Lipinski definition) is 4. The van der Waals surface area contributed by atoms with E-state index in [4.69, 9.17) is 4.74 Å². The van der Waals surface area contributed by atoms with Gasteiger partial charge in [0.05, 0.1) is 11.6 Å². The van der Waals surface area contributed by atoms with Crippen LogP contribution in [-0.4, -0.2) is 36.7 Å². The number of nitrogens with one attached hydrogen (secondary N) is 2. The van der Waals surface area contributed by atoms with Gasteiger partial charge in [0, 0.05) is 36.7 Å². The molecule has 1 aromatic carbocycles. The third-order valence-corrected chi connectivity index (χ3v) is 4.26. The van der Waals surface area contributed by atoms with Crippen LogP contribution in [0.2, 0.25) is 0 Å². The fraction of sp³-hybridized carbons (Fsp3) is 0.444. The predicted molar refractivity (Wildman–Crippen MR) is 101 cm³/mol. The largest absolute Gasteiger partial charge is 0.489 e. The fourth-order valence-electron chi connectivity index (χ4n) is 2.18. The number of thiazole rings is 1. The maximum atomic E-state index is 13.2. The number of hydrogen-bond donors (Lipinski definition) is 2. The molecule has 0 aliphatic carbocycles. The second-order valence-corrected chi connectivity index (χ2v) is 6.97. The molecule has 0 aliphatic rings. The molecule has 0 fully saturated rings. The van der Waals surface area contributed by atoms with E-state index in [2.05, 4.69) is 27.5 Å². The molecule has 2 N–H and O–H groups in total. The Morgan fingerprint density at radius 2 is 2.24 bits per heavy atom. The molecule has 0 aliphatic heterocycles. The molecular weight excluding hydrogens is 339 g/mol. The first kappa shape index (κ1) is 19.2. The van der Waals surface area contributed by atoms with Crippen molar-refractivity contribution in [3.8, 4) is 5.75 Å². The Kier molecular flexibility index (Phi) is 7.66. The molecule has 0 spiro atoms. The zero-order valence-corrected chi connectivity index (χ0v) is 15.7. The average molecular weight is 364 g/mol. The van der Waals surface area contributed by atoms with Gasteiger partial charge in [-0.05, 0) is 32.9 Å². The summed E-state index contributed by atoms with van der Waals surface area (Å²) in [6, 6.07) is 6.14. The van der Waals surface area contributed by atoms with Crippen LogP contribution in [-0.2, 0) is 6.42 Å². The van der Waals surface area contributed by atoms with Crippen LogP contribution in [0.25, 0.3) is 0 Å². The normalized spacial score (nSPS) is 12.7. The molecule has 1 atom stereocenters. The minimum Gasteiger partial charge on any atom is -0.489 e. The highest BCUT2D eigenvalue weighted by Crippen LogP contribution is 2.14. The van der Waals surface area contributed by atoms with Gasteiger partial charge in [-0.3, -0.25) is 0 Å². The van der Waals surface area contributed by atoms with Crippen molar-refractivity contribution >= 4 is 17.3 Å². The zero-order valence-electron chi connectivity index (χ0n) is 14.9. The van der Waals surface area contributed by atoms with Gasteiger partial charge in [0.25, 0.3) is 0 Å². The maximum absolute atomic E-state index is 13.2. The highest BCUT2D eigenvalue weighted by molar-refractivity contribution is 7.11. The van der Waals surface area contributed by atoms with E-state index in [1.165, 1.54) is 17.0 Å². The molecule has 25 heavy (non-hydrogen) atoms. The summed E-state index contributed by atoms with van der Waals surface area (Å²) in [5.41, 5.74) is 0. The Hall–Kier alpha value is -2.15. The lowest BCUT2D eigenvalue weighted by Crippen LogP contribution is -2.39. The Morgan fingerprint density at radius 3 is 2.92 bits per heavy atom. The van der Waals surface area contributed by atoms with Crippen molar-refractivity contribution in [2.75, 3.05) is 19.6 Å². The topological polar surface area (TPSA) is 58.5 Å². The zero-order chi connectivity index (χ0) is 18.1. The van der Waals surface area contributed by atoms with Gasteiger partial charge in [-0.2, -0.15) is 0 Å². The number of halogens is 1. The van der Waals surface area contributed by atoms with E-state index < -0.39 is 0 Å². The number of nitrogens with zero attached hydrogens (tertiary/aromatic N) is 2. The van der Waals surface area contributed by atoms with Gasteiger partial charge in [0.1, 0.15) is 17.7 Å². The van der Waals surface area contributed by atoms with Gasteiger partial charge in [0.15, 0.2) is 5.96 Å². The number of benzene rings is 1. The molecule has 7 heteroatoms. The summed E-state index contributed by atoms with van der Waals surface area (Å²) in [6.45, 7) is 8.01. The highest BCUT2D eigenvalue weighted by atomic mass is 32.1. The molecule has 0 saturated heterocycles. The first-order chi connectivity index (χ1) is 12.1. The number of aromatic nitrogens is 1. The van der Waals surface area contributed by atoms with Crippen LogP contribution < -0.4 is 15.4 Å². The minimum absolute atomic E-state index is 0.154. The van der Waals surface area contributed by atoms with E-state index in [0.717, 1.165) is 30.5 Å². The maximum Gasteiger partial charge on any atom is 0.191 e. The van der Waals surface area contributed by atoms with Crippen LogP contribution in [0.3, 0.4) is 0 Å². The third-order valence-electron chi connectivity index (χ3n) is 3.28. The first-order valence-electron chi connectivity index (χ1n) is 8.42. The molecule has 2 rings (SSSR count). The fourth-order valence-corrected chi connectivity index (χ4v) is 2.96. The van der Waals surface area contributed by atoms with Crippen molar-refractivity contribution in [3.05, 3.63) is 46.2 Å². The van der Waals surface area contributed by atoms with Crippen molar-refractivity contribution in [1.82, 2.24) is 15.6 Å². The molecule has 1 heterocycles. The van der Waals surface area contributed by atoms with Crippen molar-refractivity contribution in [3.63, 3.8) is 0 Å². The second-order valence-electron chi connectivity index (χ2n) is 5.65. The number of guanidine groups is 1. The standard InChI is InChI=1S/C18H25FN4OS/c1-4-20-18(21-9-8-17-22-12-14(3)25-17)23-11-13(2)24-16-7-5-6-15(19)10-16/h5-7,10,12-13H,4,8-9,11H2,1-3H3,(H2,20,21,23). The van der Waals surface area contributed by atoms with Gasteiger partial charge < -0.3 is 15.4 Å². The van der Waals surface area contributed by atoms with E-state index in [1.807, 2.05) is 20.0 Å². The van der Waals surface area contributed by atoms with Gasteiger partial charge >= 0.3 is 0 Å². The van der Waals surface area contributed by atoms with Gasteiger partial charge in [-0.15, -0.1) is 11.3 Å². The quantitative estimate of drug-likeness (QED) is 0.558. The van der Waals surface area contributed by atoms with Crippen LogP contribution in [0.4, 0.5) is 4.39 Å². The van der Waals surface area contributed by atoms with E-state index in [0.29, 0.717) is 12.3 Å². The summed E-state index contributed by atoms with van der Waals surface area (Å²) in [6.07, 6.45) is 2.60. The Morgan fingerprint density at radius 1 is 1.40 bits per heavy atom. The lowest BCUT2D eigenvalue weighted by Gasteiger charge is -2.15. The third kappa shape index (κ3) is 7.09. The lowest BCUT2D eigenvalue weighted by molar-refractivity contribution is 0.229. The molecule has 1 unspecified atom stereocenters. The number of rotatable bonds is 8. The van der Waals surface area contributed by atoms with E-state index in [1.54, 1.807) is 23.5 Å². The molecule has 2 aromatic rings. The summed E-state index contributed by atoms with van der Waals surface area (Å²) in [7, 11) is 0. The summed E-state index contributed by atoms with van der Waals surface area (Å²) < 4.78 is 18.9. The summed E-state index contributed by atoms with van der Waals surface area (Å²) in [4.78, 5) is 10.1. The van der Waals surface area contributed by atoms with Crippen molar-refractivity contribution in [1.29, 1.82) is 0 Å². The van der Waals surface area contributed by atoms with E-state index in [-0.39, 0.29) is 11.9 Å². The monoisotopic (exact) mass is 364 g/mol. The Balaban J connectivity index is 1.81. The number of aryl methyl sites for hydroxylation is 1.